The highest BCUT2D eigenvalue weighted by molar-refractivity contribution is 7.92. The molecule has 1 fully saturated rings. The van der Waals surface area contributed by atoms with Crippen molar-refractivity contribution in [2.45, 2.75) is 28.1 Å². The van der Waals surface area contributed by atoms with E-state index < -0.39 is 36.7 Å². The minimum absolute atomic E-state index is 0.0525. The Morgan fingerprint density at radius 2 is 1.73 bits per heavy atom. The smallest absolute Gasteiger partial charge is 0.249 e. The summed E-state index contributed by atoms with van der Waals surface area (Å²) in [6.07, 6.45) is 1.41. The van der Waals surface area contributed by atoms with E-state index in [4.69, 9.17) is 0 Å². The fourth-order valence-corrected chi connectivity index (χ4v) is 6.07. The fraction of sp³-hybridized carbons (Fsp3) is 0.429. The van der Waals surface area contributed by atoms with E-state index in [0.29, 0.717) is 6.07 Å². The second-order valence-corrected chi connectivity index (χ2v) is 10.0. The maximum absolute atomic E-state index is 13.3. The number of aryl methyl sites for hydroxylation is 1. The number of hydrogen-bond acceptors (Lipinski definition) is 6. The summed E-state index contributed by atoms with van der Waals surface area (Å²) >= 11 is 0. The predicted molar refractivity (Wildman–Crippen MR) is 86.3 cm³/mol. The molecule has 1 aliphatic heterocycles. The highest BCUT2D eigenvalue weighted by Crippen LogP contribution is 2.27. The second-order valence-electron chi connectivity index (χ2n) is 5.95. The molecule has 2 heterocycles. The van der Waals surface area contributed by atoms with Crippen LogP contribution >= 0.6 is 0 Å². The molecular weight excluding hydrogens is 390 g/mol. The van der Waals surface area contributed by atoms with Gasteiger partial charge in [0.05, 0.1) is 10.1 Å². The van der Waals surface area contributed by atoms with Gasteiger partial charge < -0.3 is 4.57 Å². The number of aromatic nitrogens is 3. The third kappa shape index (κ3) is 3.23. The zero-order chi connectivity index (χ0) is 19.1. The average Bonchev–Trinajstić information content (AvgIpc) is 3.04. The van der Waals surface area contributed by atoms with Crippen LogP contribution in [0.1, 0.15) is 12.8 Å². The molecule has 1 saturated heterocycles. The van der Waals surface area contributed by atoms with Crippen LogP contribution in [0.3, 0.4) is 0 Å². The molecule has 0 bridgehead atoms. The molecule has 0 unspecified atom stereocenters. The number of nitrogens with zero attached hydrogens (tertiary/aromatic N) is 4. The summed E-state index contributed by atoms with van der Waals surface area (Å²) in [5.74, 6) is -2.40. The van der Waals surface area contributed by atoms with Crippen LogP contribution in [0.2, 0.25) is 0 Å². The summed E-state index contributed by atoms with van der Waals surface area (Å²) in [5.41, 5.74) is 0. The molecule has 1 aromatic carbocycles. The largest absolute Gasteiger partial charge is 0.308 e. The molecule has 142 valence electrons. The van der Waals surface area contributed by atoms with Crippen LogP contribution < -0.4 is 0 Å². The first-order valence-electron chi connectivity index (χ1n) is 7.67. The first-order valence-corrected chi connectivity index (χ1v) is 10.7. The van der Waals surface area contributed by atoms with E-state index in [0.717, 1.165) is 16.4 Å². The van der Waals surface area contributed by atoms with Crippen LogP contribution in [-0.4, -0.2) is 54.2 Å². The molecule has 26 heavy (non-hydrogen) atoms. The van der Waals surface area contributed by atoms with Gasteiger partial charge in [0.15, 0.2) is 11.6 Å². The van der Waals surface area contributed by atoms with Gasteiger partial charge in [-0.15, -0.1) is 10.2 Å². The quantitative estimate of drug-likeness (QED) is 0.741. The summed E-state index contributed by atoms with van der Waals surface area (Å²) in [5, 5.41) is 6.21. The van der Waals surface area contributed by atoms with E-state index in [2.05, 4.69) is 10.2 Å². The third-order valence-corrected chi connectivity index (χ3v) is 8.42. The van der Waals surface area contributed by atoms with Crippen molar-refractivity contribution in [3.8, 4) is 0 Å². The fourth-order valence-electron chi connectivity index (χ4n) is 2.85. The highest BCUT2D eigenvalue weighted by Gasteiger charge is 2.37. The molecule has 0 N–H and O–H groups in total. The molecule has 12 heteroatoms. The number of benzene rings is 1. The second kappa shape index (κ2) is 6.67. The SMILES string of the molecule is Cn1cnnc1S(=O)(=O)C1CCN(S(=O)(=O)c2ccc(F)c(F)c2)CC1. The van der Waals surface area contributed by atoms with E-state index in [-0.39, 0.29) is 36.0 Å². The molecule has 8 nitrogen and oxygen atoms in total. The van der Waals surface area contributed by atoms with Gasteiger partial charge in [0.25, 0.3) is 0 Å². The van der Waals surface area contributed by atoms with E-state index in [9.17, 15) is 25.6 Å². The van der Waals surface area contributed by atoms with Gasteiger partial charge in [0.2, 0.25) is 25.0 Å². The van der Waals surface area contributed by atoms with Crippen LogP contribution in [0.15, 0.2) is 34.6 Å². The molecule has 0 atom stereocenters. The summed E-state index contributed by atoms with van der Waals surface area (Å²) in [6.45, 7) is -0.105. The lowest BCUT2D eigenvalue weighted by Crippen LogP contribution is -2.42. The lowest BCUT2D eigenvalue weighted by Gasteiger charge is -2.30. The van der Waals surface area contributed by atoms with Crippen LogP contribution in [0.5, 0.6) is 0 Å². The van der Waals surface area contributed by atoms with Gasteiger partial charge in [0.1, 0.15) is 6.33 Å². The molecule has 3 rings (SSSR count). The van der Waals surface area contributed by atoms with Crippen molar-refractivity contribution in [2.24, 2.45) is 7.05 Å². The Morgan fingerprint density at radius 3 is 2.27 bits per heavy atom. The van der Waals surface area contributed by atoms with Gasteiger partial charge in [0, 0.05) is 20.1 Å². The van der Waals surface area contributed by atoms with Crippen molar-refractivity contribution >= 4 is 19.9 Å². The number of hydrogen-bond donors (Lipinski definition) is 0. The minimum Gasteiger partial charge on any atom is -0.308 e. The Kier molecular flexibility index (Phi) is 4.84. The third-order valence-electron chi connectivity index (χ3n) is 4.29. The number of rotatable bonds is 4. The van der Waals surface area contributed by atoms with Crippen LogP contribution in [0.25, 0.3) is 0 Å². The number of piperidine rings is 1. The standard InChI is InChI=1S/C14H16F2N4O4S2/c1-19-9-17-18-14(19)25(21,22)10-4-6-20(7-5-10)26(23,24)11-2-3-12(15)13(16)8-11/h2-3,8-10H,4-7H2,1H3. The van der Waals surface area contributed by atoms with Crippen LogP contribution in [-0.2, 0) is 26.9 Å². The Morgan fingerprint density at radius 1 is 1.08 bits per heavy atom. The lowest BCUT2D eigenvalue weighted by molar-refractivity contribution is 0.344. The monoisotopic (exact) mass is 406 g/mol. The van der Waals surface area contributed by atoms with Gasteiger partial charge >= 0.3 is 0 Å². The summed E-state index contributed by atoms with van der Waals surface area (Å²) < 4.78 is 79.0. The Labute approximate surface area is 149 Å². The summed E-state index contributed by atoms with van der Waals surface area (Å²) in [7, 11) is -6.26. The number of halogens is 2. The molecule has 0 saturated carbocycles. The minimum atomic E-state index is -4.03. The van der Waals surface area contributed by atoms with Crippen molar-refractivity contribution < 1.29 is 25.6 Å². The lowest BCUT2D eigenvalue weighted by atomic mass is 10.2. The zero-order valence-corrected chi connectivity index (χ0v) is 15.3. The molecule has 0 radical (unpaired) electrons. The molecule has 0 spiro atoms. The Balaban J connectivity index is 1.78. The maximum atomic E-state index is 13.3. The van der Waals surface area contributed by atoms with Gasteiger partial charge in [-0.25, -0.2) is 25.6 Å². The molecule has 1 aliphatic rings. The normalized spacial score (nSPS) is 17.5. The Hall–Kier alpha value is -1.92. The first-order chi connectivity index (χ1) is 12.1. The molecule has 1 aromatic heterocycles. The molecule has 0 amide bonds. The van der Waals surface area contributed by atoms with Gasteiger partial charge in [-0.3, -0.25) is 0 Å². The van der Waals surface area contributed by atoms with Crippen molar-refractivity contribution in [1.29, 1.82) is 0 Å². The summed E-state index contributed by atoms with van der Waals surface area (Å²) in [6, 6.07) is 2.34. The summed E-state index contributed by atoms with van der Waals surface area (Å²) in [4.78, 5) is -0.369. The molecule has 0 aliphatic carbocycles. The zero-order valence-electron chi connectivity index (χ0n) is 13.7. The van der Waals surface area contributed by atoms with Crippen LogP contribution in [0, 0.1) is 11.6 Å². The van der Waals surface area contributed by atoms with Crippen molar-refractivity contribution in [3.63, 3.8) is 0 Å². The topological polar surface area (TPSA) is 102 Å². The van der Waals surface area contributed by atoms with Gasteiger partial charge in [-0.05, 0) is 31.0 Å². The van der Waals surface area contributed by atoms with Crippen molar-refractivity contribution in [2.75, 3.05) is 13.1 Å². The number of sulfonamides is 1. The van der Waals surface area contributed by atoms with Crippen molar-refractivity contribution in [1.82, 2.24) is 19.1 Å². The molecular formula is C14H16F2N4O4S2. The van der Waals surface area contributed by atoms with E-state index in [1.807, 2.05) is 0 Å². The van der Waals surface area contributed by atoms with Crippen molar-refractivity contribution in [3.05, 3.63) is 36.2 Å². The van der Waals surface area contributed by atoms with Gasteiger partial charge in [-0.2, -0.15) is 4.31 Å². The number of sulfone groups is 1. The Bertz CT molecular complexity index is 1030. The first kappa shape index (κ1) is 18.9. The van der Waals surface area contributed by atoms with E-state index >= 15 is 0 Å². The predicted octanol–water partition coefficient (Wildman–Crippen LogP) is 0.720. The average molecular weight is 406 g/mol. The van der Waals surface area contributed by atoms with Crippen LogP contribution in [0.4, 0.5) is 8.78 Å². The van der Waals surface area contributed by atoms with E-state index in [1.54, 1.807) is 0 Å². The maximum Gasteiger partial charge on any atom is 0.249 e. The highest BCUT2D eigenvalue weighted by atomic mass is 32.2. The van der Waals surface area contributed by atoms with Gasteiger partial charge in [-0.1, -0.05) is 0 Å². The molecule has 2 aromatic rings. The van der Waals surface area contributed by atoms with E-state index in [1.165, 1.54) is 17.9 Å².